The van der Waals surface area contributed by atoms with Gasteiger partial charge in [0, 0.05) is 16.7 Å². The highest BCUT2D eigenvalue weighted by atomic mass is 32.1. The van der Waals surface area contributed by atoms with Gasteiger partial charge in [0.05, 0.1) is 24.8 Å². The second kappa shape index (κ2) is 11.0. The highest BCUT2D eigenvalue weighted by molar-refractivity contribution is 7.12. The maximum absolute atomic E-state index is 11.8. The SMILES string of the molecule is CCOC(=O)Cc1ccc(C(COC(C)=O)Nc2n[nH]c(O)c2N=Nc2ccccc2)s1. The van der Waals surface area contributed by atoms with Crippen molar-refractivity contribution >= 4 is 40.5 Å². The van der Waals surface area contributed by atoms with Gasteiger partial charge in [-0.1, -0.05) is 18.2 Å². The van der Waals surface area contributed by atoms with E-state index in [9.17, 15) is 14.7 Å². The molecule has 1 atom stereocenters. The van der Waals surface area contributed by atoms with Crippen LogP contribution in [0.3, 0.4) is 0 Å². The van der Waals surface area contributed by atoms with Gasteiger partial charge in [-0.2, -0.15) is 10.2 Å². The van der Waals surface area contributed by atoms with Gasteiger partial charge in [-0.15, -0.1) is 16.5 Å². The Hall–Kier alpha value is -3.73. The highest BCUT2D eigenvalue weighted by Gasteiger charge is 2.21. The molecule has 168 valence electrons. The Bertz CT molecular complexity index is 1080. The molecular weight excluding hydrogens is 434 g/mol. The number of rotatable bonds is 10. The predicted octanol–water partition coefficient (Wildman–Crippen LogP) is 4.41. The van der Waals surface area contributed by atoms with E-state index >= 15 is 0 Å². The van der Waals surface area contributed by atoms with Crippen LogP contribution in [0.1, 0.15) is 29.6 Å². The Morgan fingerprint density at radius 3 is 2.69 bits per heavy atom. The molecule has 0 spiro atoms. The molecule has 0 aliphatic rings. The summed E-state index contributed by atoms with van der Waals surface area (Å²) in [6, 6.07) is 12.2. The first-order valence-corrected chi connectivity index (χ1v) is 10.7. The van der Waals surface area contributed by atoms with Crippen LogP contribution in [-0.2, 0) is 25.5 Å². The van der Waals surface area contributed by atoms with Crippen LogP contribution in [-0.4, -0.2) is 40.5 Å². The molecule has 10 nitrogen and oxygen atoms in total. The first kappa shape index (κ1) is 22.9. The Morgan fingerprint density at radius 1 is 1.19 bits per heavy atom. The summed E-state index contributed by atoms with van der Waals surface area (Å²) < 4.78 is 10.2. The first-order chi connectivity index (χ1) is 15.5. The Kier molecular flexibility index (Phi) is 7.92. The minimum Gasteiger partial charge on any atom is -0.492 e. The number of azo groups is 1. The van der Waals surface area contributed by atoms with E-state index in [1.165, 1.54) is 18.3 Å². The van der Waals surface area contributed by atoms with Crippen molar-refractivity contribution in [1.82, 2.24) is 10.2 Å². The van der Waals surface area contributed by atoms with Crippen molar-refractivity contribution in [2.45, 2.75) is 26.3 Å². The van der Waals surface area contributed by atoms with Gasteiger partial charge >= 0.3 is 11.9 Å². The van der Waals surface area contributed by atoms with Crippen molar-refractivity contribution in [3.05, 3.63) is 52.2 Å². The van der Waals surface area contributed by atoms with Gasteiger partial charge < -0.3 is 19.9 Å². The van der Waals surface area contributed by atoms with Crippen LogP contribution >= 0.6 is 11.3 Å². The normalized spacial score (nSPS) is 11.9. The fourth-order valence-corrected chi connectivity index (χ4v) is 3.75. The second-order valence-corrected chi connectivity index (χ2v) is 7.79. The van der Waals surface area contributed by atoms with Gasteiger partial charge in [0.2, 0.25) is 5.88 Å². The molecule has 0 saturated carbocycles. The number of carbonyl (C=O) groups excluding carboxylic acids is 2. The lowest BCUT2D eigenvalue weighted by Gasteiger charge is -2.17. The number of ether oxygens (including phenoxy) is 2. The van der Waals surface area contributed by atoms with Crippen LogP contribution in [0.5, 0.6) is 5.88 Å². The van der Waals surface area contributed by atoms with Crippen molar-refractivity contribution in [1.29, 1.82) is 0 Å². The van der Waals surface area contributed by atoms with E-state index in [-0.39, 0.29) is 36.4 Å². The third-order valence-electron chi connectivity index (χ3n) is 4.16. The number of aromatic nitrogens is 2. The van der Waals surface area contributed by atoms with Crippen LogP contribution < -0.4 is 5.32 Å². The number of aromatic hydroxyl groups is 1. The van der Waals surface area contributed by atoms with Crippen LogP contribution in [0.25, 0.3) is 0 Å². The Labute approximate surface area is 188 Å². The number of nitrogens with zero attached hydrogens (tertiary/aromatic N) is 3. The van der Waals surface area contributed by atoms with E-state index in [4.69, 9.17) is 9.47 Å². The molecule has 11 heteroatoms. The summed E-state index contributed by atoms with van der Waals surface area (Å²) >= 11 is 1.38. The van der Waals surface area contributed by atoms with Crippen molar-refractivity contribution < 1.29 is 24.2 Å². The summed E-state index contributed by atoms with van der Waals surface area (Å²) in [4.78, 5) is 24.8. The van der Waals surface area contributed by atoms with E-state index in [1.807, 2.05) is 30.3 Å². The zero-order valence-electron chi connectivity index (χ0n) is 17.6. The molecule has 0 fully saturated rings. The molecule has 1 aromatic carbocycles. The molecule has 2 heterocycles. The molecule has 0 amide bonds. The van der Waals surface area contributed by atoms with Crippen molar-refractivity contribution in [2.75, 3.05) is 18.5 Å². The van der Waals surface area contributed by atoms with Crippen LogP contribution in [0.2, 0.25) is 0 Å². The zero-order chi connectivity index (χ0) is 22.9. The number of thiophene rings is 1. The third kappa shape index (κ3) is 6.38. The number of nitrogens with one attached hydrogen (secondary N) is 2. The predicted molar refractivity (Wildman–Crippen MR) is 119 cm³/mol. The standard InChI is InChI=1S/C21H23N5O5S/c1-3-30-18(28)11-15-9-10-17(32-15)16(12-31-13(2)27)22-20-19(21(29)26-25-20)24-23-14-7-5-4-6-8-14/h4-10,16H,3,11-12H2,1-2H3,(H3,22,25,26,29). The summed E-state index contributed by atoms with van der Waals surface area (Å²) in [6.45, 7) is 3.40. The largest absolute Gasteiger partial charge is 0.492 e. The number of anilines is 1. The molecule has 0 aliphatic carbocycles. The Balaban J connectivity index is 1.81. The minimum absolute atomic E-state index is 0.0115. The average molecular weight is 458 g/mol. The van der Waals surface area contributed by atoms with Gasteiger partial charge in [0.15, 0.2) is 11.5 Å². The molecule has 0 saturated heterocycles. The lowest BCUT2D eigenvalue weighted by molar-refractivity contribution is -0.142. The number of benzene rings is 1. The lowest BCUT2D eigenvalue weighted by atomic mass is 10.2. The molecule has 32 heavy (non-hydrogen) atoms. The molecule has 0 radical (unpaired) electrons. The van der Waals surface area contributed by atoms with E-state index in [0.29, 0.717) is 12.3 Å². The number of hydrogen-bond acceptors (Lipinski definition) is 10. The topological polar surface area (TPSA) is 138 Å². The summed E-state index contributed by atoms with van der Waals surface area (Å²) in [5.74, 6) is -0.771. The second-order valence-electron chi connectivity index (χ2n) is 6.59. The highest BCUT2D eigenvalue weighted by Crippen LogP contribution is 2.36. The summed E-state index contributed by atoms with van der Waals surface area (Å²) in [6.07, 6.45) is 0.151. The van der Waals surface area contributed by atoms with E-state index in [0.717, 1.165) is 9.75 Å². The van der Waals surface area contributed by atoms with E-state index < -0.39 is 12.0 Å². The zero-order valence-corrected chi connectivity index (χ0v) is 18.4. The average Bonchev–Trinajstić information content (AvgIpc) is 3.36. The monoisotopic (exact) mass is 457 g/mol. The summed E-state index contributed by atoms with van der Waals surface area (Å²) in [7, 11) is 0. The van der Waals surface area contributed by atoms with Crippen LogP contribution in [0, 0.1) is 0 Å². The number of hydrogen-bond donors (Lipinski definition) is 3. The molecule has 3 rings (SSSR count). The number of aromatic amines is 1. The van der Waals surface area contributed by atoms with E-state index in [1.54, 1.807) is 19.1 Å². The molecule has 2 aromatic heterocycles. The number of carbonyl (C=O) groups is 2. The molecule has 0 aliphatic heterocycles. The van der Waals surface area contributed by atoms with E-state index in [2.05, 4.69) is 25.7 Å². The molecule has 0 bridgehead atoms. The smallest absolute Gasteiger partial charge is 0.311 e. The number of esters is 2. The first-order valence-electron chi connectivity index (χ1n) is 9.84. The molecule has 3 N–H and O–H groups in total. The summed E-state index contributed by atoms with van der Waals surface area (Å²) in [5, 5.41) is 28.0. The van der Waals surface area contributed by atoms with Gasteiger partial charge in [-0.05, 0) is 31.2 Å². The van der Waals surface area contributed by atoms with Gasteiger partial charge in [0.25, 0.3) is 0 Å². The van der Waals surface area contributed by atoms with Crippen LogP contribution in [0.4, 0.5) is 17.2 Å². The maximum Gasteiger partial charge on any atom is 0.311 e. The Morgan fingerprint density at radius 2 is 1.97 bits per heavy atom. The van der Waals surface area contributed by atoms with Crippen LogP contribution in [0.15, 0.2) is 52.7 Å². The van der Waals surface area contributed by atoms with Crippen molar-refractivity contribution in [3.8, 4) is 5.88 Å². The summed E-state index contributed by atoms with van der Waals surface area (Å²) in [5.41, 5.74) is 0.724. The third-order valence-corrected chi connectivity index (χ3v) is 5.36. The molecule has 1 unspecified atom stereocenters. The quantitative estimate of drug-likeness (QED) is 0.303. The van der Waals surface area contributed by atoms with Gasteiger partial charge in [-0.25, -0.2) is 5.10 Å². The number of H-pyrrole nitrogens is 1. The van der Waals surface area contributed by atoms with Crippen molar-refractivity contribution in [3.63, 3.8) is 0 Å². The fourth-order valence-electron chi connectivity index (χ4n) is 2.72. The lowest BCUT2D eigenvalue weighted by Crippen LogP contribution is -2.18. The van der Waals surface area contributed by atoms with Gasteiger partial charge in [-0.3, -0.25) is 9.59 Å². The molecule has 3 aromatic rings. The maximum atomic E-state index is 11.8. The van der Waals surface area contributed by atoms with Gasteiger partial charge in [0.1, 0.15) is 6.61 Å². The molecular formula is C21H23N5O5S. The fraction of sp³-hybridized carbons (Fsp3) is 0.286. The van der Waals surface area contributed by atoms with Crippen molar-refractivity contribution in [2.24, 2.45) is 10.2 Å². The minimum atomic E-state index is -0.492.